The Morgan fingerprint density at radius 1 is 1.05 bits per heavy atom. The zero-order chi connectivity index (χ0) is 15.5. The van der Waals surface area contributed by atoms with E-state index in [-0.39, 0.29) is 6.42 Å². The monoisotopic (exact) mass is 291 g/mol. The maximum Gasteiger partial charge on any atom is 0.303 e. The normalized spacial score (nSPS) is 10.8. The maximum atomic E-state index is 10.8. The van der Waals surface area contributed by atoms with E-state index in [2.05, 4.69) is 30.1 Å². The summed E-state index contributed by atoms with van der Waals surface area (Å²) >= 11 is 0. The van der Waals surface area contributed by atoms with Gasteiger partial charge in [0, 0.05) is 23.6 Å². The first-order valence-electron chi connectivity index (χ1n) is 7.31. The molecule has 0 unspecified atom stereocenters. The molecule has 0 aliphatic carbocycles. The van der Waals surface area contributed by atoms with Gasteiger partial charge in [0.15, 0.2) is 0 Å². The highest BCUT2D eigenvalue weighted by atomic mass is 16.4. The van der Waals surface area contributed by atoms with Gasteiger partial charge in [0.2, 0.25) is 0 Å². The summed E-state index contributed by atoms with van der Waals surface area (Å²) in [6, 6.07) is 16.2. The number of carbonyl (C=O) groups is 1. The number of pyridine rings is 1. The number of carboxylic acid groups (broad SMARTS) is 1. The standard InChI is InChI=1S/C19H17NO2/c1-13-5-2-3-6-15(13)17-10-8-14(9-11-18(21)22)16-7-4-12-20-19(16)17/h2-8,10,12H,9,11H2,1H3,(H,21,22). The smallest absolute Gasteiger partial charge is 0.303 e. The van der Waals surface area contributed by atoms with E-state index in [1.807, 2.05) is 30.3 Å². The van der Waals surface area contributed by atoms with Crippen LogP contribution in [0.5, 0.6) is 0 Å². The number of aliphatic carboxylic acids is 1. The van der Waals surface area contributed by atoms with Gasteiger partial charge in [-0.3, -0.25) is 9.78 Å². The van der Waals surface area contributed by atoms with Crippen molar-refractivity contribution < 1.29 is 9.90 Å². The fraction of sp³-hybridized carbons (Fsp3) is 0.158. The van der Waals surface area contributed by atoms with Crippen molar-refractivity contribution in [2.45, 2.75) is 19.8 Å². The lowest BCUT2D eigenvalue weighted by Gasteiger charge is -2.12. The lowest BCUT2D eigenvalue weighted by molar-refractivity contribution is -0.136. The van der Waals surface area contributed by atoms with Gasteiger partial charge in [-0.15, -0.1) is 0 Å². The van der Waals surface area contributed by atoms with Crippen molar-refractivity contribution >= 4 is 16.9 Å². The SMILES string of the molecule is Cc1ccccc1-c1ccc(CCC(=O)O)c2cccnc12. The Labute approximate surface area is 129 Å². The highest BCUT2D eigenvalue weighted by Gasteiger charge is 2.11. The molecule has 3 nitrogen and oxygen atoms in total. The van der Waals surface area contributed by atoms with Crippen LogP contribution in [0.4, 0.5) is 0 Å². The van der Waals surface area contributed by atoms with Crippen molar-refractivity contribution in [1.29, 1.82) is 0 Å². The van der Waals surface area contributed by atoms with Crippen LogP contribution in [0.3, 0.4) is 0 Å². The third kappa shape index (κ3) is 2.70. The average molecular weight is 291 g/mol. The average Bonchev–Trinajstić information content (AvgIpc) is 2.53. The molecule has 1 aromatic heterocycles. The molecule has 0 amide bonds. The molecule has 3 heteroatoms. The molecule has 22 heavy (non-hydrogen) atoms. The van der Waals surface area contributed by atoms with Crippen LogP contribution >= 0.6 is 0 Å². The maximum absolute atomic E-state index is 10.8. The zero-order valence-electron chi connectivity index (χ0n) is 12.4. The van der Waals surface area contributed by atoms with E-state index < -0.39 is 5.97 Å². The van der Waals surface area contributed by atoms with E-state index in [0.29, 0.717) is 6.42 Å². The number of hydrogen-bond donors (Lipinski definition) is 1. The van der Waals surface area contributed by atoms with Crippen LogP contribution in [0.15, 0.2) is 54.7 Å². The lowest BCUT2D eigenvalue weighted by Crippen LogP contribution is -1.99. The van der Waals surface area contributed by atoms with Crippen molar-refractivity contribution in [1.82, 2.24) is 4.98 Å². The van der Waals surface area contributed by atoms with Crippen LogP contribution in [-0.2, 0) is 11.2 Å². The molecule has 0 saturated carbocycles. The van der Waals surface area contributed by atoms with Gasteiger partial charge in [0.25, 0.3) is 0 Å². The van der Waals surface area contributed by atoms with Crippen LogP contribution in [0.25, 0.3) is 22.0 Å². The fourth-order valence-corrected chi connectivity index (χ4v) is 2.78. The second-order valence-corrected chi connectivity index (χ2v) is 5.38. The predicted molar refractivity (Wildman–Crippen MR) is 87.9 cm³/mol. The summed E-state index contributed by atoms with van der Waals surface area (Å²) in [5.74, 6) is -0.778. The summed E-state index contributed by atoms with van der Waals surface area (Å²) in [6.07, 6.45) is 2.43. The molecule has 110 valence electrons. The molecular weight excluding hydrogens is 274 g/mol. The summed E-state index contributed by atoms with van der Waals surface area (Å²) in [5.41, 5.74) is 5.42. The molecule has 0 atom stereocenters. The molecule has 0 bridgehead atoms. The van der Waals surface area contributed by atoms with E-state index >= 15 is 0 Å². The van der Waals surface area contributed by atoms with Gasteiger partial charge in [0.05, 0.1) is 5.52 Å². The summed E-state index contributed by atoms with van der Waals surface area (Å²) in [6.45, 7) is 2.09. The molecule has 1 heterocycles. The molecule has 0 spiro atoms. The lowest BCUT2D eigenvalue weighted by atomic mass is 9.94. The summed E-state index contributed by atoms with van der Waals surface area (Å²) < 4.78 is 0. The van der Waals surface area contributed by atoms with E-state index in [9.17, 15) is 4.79 Å². The van der Waals surface area contributed by atoms with Gasteiger partial charge < -0.3 is 5.11 Å². The van der Waals surface area contributed by atoms with Gasteiger partial charge >= 0.3 is 5.97 Å². The number of rotatable bonds is 4. The summed E-state index contributed by atoms with van der Waals surface area (Å²) in [7, 11) is 0. The van der Waals surface area contributed by atoms with Crippen LogP contribution in [0.2, 0.25) is 0 Å². The minimum atomic E-state index is -0.778. The molecule has 2 aromatic carbocycles. The van der Waals surface area contributed by atoms with Gasteiger partial charge in [-0.1, -0.05) is 42.5 Å². The Hall–Kier alpha value is -2.68. The molecular formula is C19H17NO2. The zero-order valence-corrected chi connectivity index (χ0v) is 12.4. The van der Waals surface area contributed by atoms with Gasteiger partial charge in [-0.2, -0.15) is 0 Å². The third-order valence-electron chi connectivity index (χ3n) is 3.90. The number of fused-ring (bicyclic) bond motifs is 1. The number of benzene rings is 2. The van der Waals surface area contributed by atoms with Crippen molar-refractivity contribution in [3.63, 3.8) is 0 Å². The topological polar surface area (TPSA) is 50.2 Å². The minimum Gasteiger partial charge on any atom is -0.481 e. The van der Waals surface area contributed by atoms with Crippen molar-refractivity contribution in [2.75, 3.05) is 0 Å². The van der Waals surface area contributed by atoms with Crippen LogP contribution in [0.1, 0.15) is 17.5 Å². The molecule has 3 rings (SSSR count). The first-order valence-corrected chi connectivity index (χ1v) is 7.31. The molecule has 0 saturated heterocycles. The van der Waals surface area contributed by atoms with E-state index in [1.165, 1.54) is 5.56 Å². The van der Waals surface area contributed by atoms with Gasteiger partial charge in [0.1, 0.15) is 0 Å². The molecule has 0 radical (unpaired) electrons. The second-order valence-electron chi connectivity index (χ2n) is 5.38. The van der Waals surface area contributed by atoms with Crippen LogP contribution in [0, 0.1) is 6.92 Å². The summed E-state index contributed by atoms with van der Waals surface area (Å²) in [5, 5.41) is 9.93. The summed E-state index contributed by atoms with van der Waals surface area (Å²) in [4.78, 5) is 15.4. The van der Waals surface area contributed by atoms with Gasteiger partial charge in [-0.25, -0.2) is 0 Å². The quantitative estimate of drug-likeness (QED) is 0.782. The first-order chi connectivity index (χ1) is 10.7. The largest absolute Gasteiger partial charge is 0.481 e. The van der Waals surface area contributed by atoms with Crippen molar-refractivity contribution in [2.24, 2.45) is 0 Å². The minimum absolute atomic E-state index is 0.133. The Kier molecular flexibility index (Phi) is 3.88. The highest BCUT2D eigenvalue weighted by Crippen LogP contribution is 2.31. The molecule has 3 aromatic rings. The van der Waals surface area contributed by atoms with E-state index in [0.717, 1.165) is 27.6 Å². The fourth-order valence-electron chi connectivity index (χ4n) is 2.78. The number of hydrogen-bond acceptors (Lipinski definition) is 2. The Morgan fingerprint density at radius 2 is 1.86 bits per heavy atom. The van der Waals surface area contributed by atoms with Gasteiger partial charge in [-0.05, 0) is 36.1 Å². The molecule has 0 aliphatic heterocycles. The second kappa shape index (κ2) is 5.98. The molecule has 0 aliphatic rings. The number of aryl methyl sites for hydroxylation is 2. The van der Waals surface area contributed by atoms with E-state index in [4.69, 9.17) is 5.11 Å². The molecule has 1 N–H and O–H groups in total. The van der Waals surface area contributed by atoms with Crippen molar-refractivity contribution in [3.8, 4) is 11.1 Å². The number of aromatic nitrogens is 1. The highest BCUT2D eigenvalue weighted by molar-refractivity contribution is 5.96. The van der Waals surface area contributed by atoms with Crippen LogP contribution in [-0.4, -0.2) is 16.1 Å². The van der Waals surface area contributed by atoms with Crippen LogP contribution < -0.4 is 0 Å². The Balaban J connectivity index is 2.16. The molecule has 0 fully saturated rings. The Bertz CT molecular complexity index is 840. The number of carboxylic acids is 1. The third-order valence-corrected chi connectivity index (χ3v) is 3.90. The first kappa shape index (κ1) is 14.3. The Morgan fingerprint density at radius 3 is 2.64 bits per heavy atom. The predicted octanol–water partition coefficient (Wildman–Crippen LogP) is 4.23. The number of nitrogens with zero attached hydrogens (tertiary/aromatic N) is 1. The van der Waals surface area contributed by atoms with Crippen molar-refractivity contribution in [3.05, 3.63) is 65.9 Å². The van der Waals surface area contributed by atoms with E-state index in [1.54, 1.807) is 6.20 Å².